The van der Waals surface area contributed by atoms with Crippen molar-refractivity contribution < 1.29 is 28.0 Å². The van der Waals surface area contributed by atoms with Crippen LogP contribution >= 0.6 is 0 Å². The fourth-order valence-electron chi connectivity index (χ4n) is 1.70. The van der Waals surface area contributed by atoms with Crippen molar-refractivity contribution in [3.63, 3.8) is 0 Å². The smallest absolute Gasteiger partial charge is 0.322 e. The first kappa shape index (κ1) is 17.9. The molecule has 0 fully saturated rings. The second-order valence-corrected chi connectivity index (χ2v) is 6.45. The number of carboxylic acids is 1. The minimum atomic E-state index is -4.38. The van der Waals surface area contributed by atoms with Crippen molar-refractivity contribution in [2.24, 2.45) is 5.92 Å². The summed E-state index contributed by atoms with van der Waals surface area (Å²) >= 11 is 0. The predicted octanol–water partition coefficient (Wildman–Crippen LogP) is 0.991. The summed E-state index contributed by atoms with van der Waals surface area (Å²) in [7, 11) is -3.10. The monoisotopic (exact) mass is 332 g/mol. The van der Waals surface area contributed by atoms with Crippen LogP contribution in [0.1, 0.15) is 13.8 Å². The molecule has 0 aliphatic rings. The average Bonchev–Trinajstić information content (AvgIpc) is 2.43. The van der Waals surface area contributed by atoms with E-state index in [1.54, 1.807) is 0 Å². The molecule has 0 saturated heterocycles. The number of sulfonamides is 1. The maximum atomic E-state index is 12.3. The topological polar surface area (TPSA) is 136 Å². The zero-order valence-electron chi connectivity index (χ0n) is 12.1. The number of nitro benzene ring substituents is 1. The lowest BCUT2D eigenvalue weighted by Crippen LogP contribution is -2.44. The van der Waals surface area contributed by atoms with Crippen LogP contribution in [0.25, 0.3) is 0 Å². The van der Waals surface area contributed by atoms with E-state index >= 15 is 0 Å². The van der Waals surface area contributed by atoms with Crippen LogP contribution in [0.4, 0.5) is 5.69 Å². The van der Waals surface area contributed by atoms with Gasteiger partial charge in [-0.1, -0.05) is 13.8 Å². The second-order valence-electron chi connectivity index (χ2n) is 4.77. The molecule has 1 atom stereocenters. The van der Waals surface area contributed by atoms with E-state index in [4.69, 9.17) is 9.84 Å². The molecule has 0 amide bonds. The van der Waals surface area contributed by atoms with Gasteiger partial charge in [-0.15, -0.1) is 0 Å². The van der Waals surface area contributed by atoms with Crippen LogP contribution in [0, 0.1) is 16.0 Å². The number of rotatable bonds is 7. The summed E-state index contributed by atoms with van der Waals surface area (Å²) in [6.45, 7) is 3.04. The summed E-state index contributed by atoms with van der Waals surface area (Å²) in [4.78, 5) is 20.6. The highest BCUT2D eigenvalue weighted by atomic mass is 32.2. The maximum absolute atomic E-state index is 12.3. The van der Waals surface area contributed by atoms with Crippen molar-refractivity contribution in [2.45, 2.75) is 24.8 Å². The molecule has 0 unspecified atom stereocenters. The van der Waals surface area contributed by atoms with Crippen LogP contribution in [0.5, 0.6) is 5.75 Å². The molecule has 0 bridgehead atoms. The van der Waals surface area contributed by atoms with Crippen LogP contribution in [0.3, 0.4) is 0 Å². The van der Waals surface area contributed by atoms with E-state index in [-0.39, 0.29) is 5.75 Å². The number of benzene rings is 1. The third kappa shape index (κ3) is 3.92. The third-order valence-corrected chi connectivity index (χ3v) is 4.36. The van der Waals surface area contributed by atoms with Crippen molar-refractivity contribution >= 4 is 21.7 Å². The van der Waals surface area contributed by atoms with Gasteiger partial charge in [-0.3, -0.25) is 14.9 Å². The average molecular weight is 332 g/mol. The molecule has 22 heavy (non-hydrogen) atoms. The number of hydrogen-bond acceptors (Lipinski definition) is 6. The van der Waals surface area contributed by atoms with Crippen LogP contribution in [-0.2, 0) is 14.8 Å². The van der Waals surface area contributed by atoms with Gasteiger partial charge < -0.3 is 9.84 Å². The number of nitrogens with one attached hydrogen (secondary N) is 1. The summed E-state index contributed by atoms with van der Waals surface area (Å²) in [5.41, 5.74) is -0.695. The Balaban J connectivity index is 3.34. The number of hydrogen-bond donors (Lipinski definition) is 2. The SMILES string of the molecule is COc1ccc(S(=O)(=O)N[C@@H](C(=O)O)C(C)C)c([N+](=O)[O-])c1. The van der Waals surface area contributed by atoms with Crippen LogP contribution in [0.2, 0.25) is 0 Å². The van der Waals surface area contributed by atoms with Gasteiger partial charge in [0.2, 0.25) is 10.0 Å². The largest absolute Gasteiger partial charge is 0.497 e. The molecule has 9 nitrogen and oxygen atoms in total. The van der Waals surface area contributed by atoms with Crippen LogP contribution in [0.15, 0.2) is 23.1 Å². The fourth-order valence-corrected chi connectivity index (χ4v) is 3.19. The predicted molar refractivity (Wildman–Crippen MR) is 76.2 cm³/mol. The molecule has 0 saturated carbocycles. The van der Waals surface area contributed by atoms with Crippen molar-refractivity contribution in [3.8, 4) is 5.75 Å². The Hall–Kier alpha value is -2.20. The summed E-state index contributed by atoms with van der Waals surface area (Å²) in [6.07, 6.45) is 0. The highest BCUT2D eigenvalue weighted by Crippen LogP contribution is 2.28. The molecule has 0 spiro atoms. The van der Waals surface area contributed by atoms with Gasteiger partial charge in [0.05, 0.1) is 18.1 Å². The van der Waals surface area contributed by atoms with Crippen LogP contribution in [-0.4, -0.2) is 37.6 Å². The first-order chi connectivity index (χ1) is 10.1. The Kier molecular flexibility index (Phi) is 5.44. The second kappa shape index (κ2) is 6.71. The lowest BCUT2D eigenvalue weighted by molar-refractivity contribution is -0.387. The summed E-state index contributed by atoms with van der Waals surface area (Å²) in [5, 5.41) is 20.1. The quantitative estimate of drug-likeness (QED) is 0.561. The zero-order chi connectivity index (χ0) is 17.1. The zero-order valence-corrected chi connectivity index (χ0v) is 13.0. The minimum Gasteiger partial charge on any atom is -0.497 e. The minimum absolute atomic E-state index is 0.115. The Morgan fingerprint density at radius 3 is 2.41 bits per heavy atom. The molecule has 0 aliphatic heterocycles. The van der Waals surface area contributed by atoms with Gasteiger partial charge in [0, 0.05) is 0 Å². The molecular formula is C12H16N2O7S. The van der Waals surface area contributed by atoms with Crippen molar-refractivity contribution in [1.29, 1.82) is 0 Å². The number of nitrogens with zero attached hydrogens (tertiary/aromatic N) is 1. The molecule has 122 valence electrons. The Morgan fingerprint density at radius 1 is 1.41 bits per heavy atom. The van der Waals surface area contributed by atoms with Gasteiger partial charge in [0.15, 0.2) is 4.90 Å². The Morgan fingerprint density at radius 2 is 2.00 bits per heavy atom. The number of nitro groups is 1. The molecule has 2 N–H and O–H groups in total. The number of ether oxygens (including phenoxy) is 1. The van der Waals surface area contributed by atoms with Gasteiger partial charge in [-0.25, -0.2) is 8.42 Å². The summed E-state index contributed by atoms with van der Waals surface area (Å²) < 4.78 is 31.3. The van der Waals surface area contributed by atoms with Gasteiger partial charge in [0.25, 0.3) is 5.69 Å². The first-order valence-electron chi connectivity index (χ1n) is 6.17. The molecule has 0 radical (unpaired) electrons. The molecule has 0 aromatic heterocycles. The number of aliphatic carboxylic acids is 1. The lowest BCUT2D eigenvalue weighted by atomic mass is 10.1. The normalized spacial score (nSPS) is 12.9. The maximum Gasteiger partial charge on any atom is 0.322 e. The van der Waals surface area contributed by atoms with Gasteiger partial charge >= 0.3 is 5.97 Å². The molecule has 0 heterocycles. The number of carbonyl (C=O) groups is 1. The Bertz CT molecular complexity index is 685. The Labute approximate surface area is 127 Å². The fraction of sp³-hybridized carbons (Fsp3) is 0.417. The van der Waals surface area contributed by atoms with E-state index in [0.717, 1.165) is 12.1 Å². The van der Waals surface area contributed by atoms with E-state index in [1.807, 2.05) is 4.72 Å². The first-order valence-corrected chi connectivity index (χ1v) is 7.66. The highest BCUT2D eigenvalue weighted by molar-refractivity contribution is 7.89. The van der Waals surface area contributed by atoms with E-state index in [2.05, 4.69) is 0 Å². The molecular weight excluding hydrogens is 316 g/mol. The summed E-state index contributed by atoms with van der Waals surface area (Å²) in [6, 6.07) is 1.80. The van der Waals surface area contributed by atoms with Crippen molar-refractivity contribution in [1.82, 2.24) is 4.72 Å². The van der Waals surface area contributed by atoms with Crippen LogP contribution < -0.4 is 9.46 Å². The standard InChI is InChI=1S/C12H16N2O7S/c1-7(2)11(12(15)16)13-22(19,20)10-5-4-8(21-3)6-9(10)14(17)18/h4-7,11,13H,1-3H3,(H,15,16)/t11-/m1/s1. The lowest BCUT2D eigenvalue weighted by Gasteiger charge is -2.18. The highest BCUT2D eigenvalue weighted by Gasteiger charge is 2.32. The molecule has 1 aromatic rings. The van der Waals surface area contributed by atoms with Gasteiger partial charge in [-0.2, -0.15) is 4.72 Å². The van der Waals surface area contributed by atoms with Crippen molar-refractivity contribution in [3.05, 3.63) is 28.3 Å². The van der Waals surface area contributed by atoms with E-state index < -0.39 is 43.5 Å². The molecule has 10 heteroatoms. The van der Waals surface area contributed by atoms with E-state index in [0.29, 0.717) is 0 Å². The third-order valence-electron chi connectivity index (χ3n) is 2.87. The van der Waals surface area contributed by atoms with E-state index in [9.17, 15) is 23.3 Å². The number of methoxy groups -OCH3 is 1. The molecule has 0 aliphatic carbocycles. The van der Waals surface area contributed by atoms with Gasteiger partial charge in [0.1, 0.15) is 11.8 Å². The van der Waals surface area contributed by atoms with Crippen molar-refractivity contribution in [2.75, 3.05) is 7.11 Å². The number of carboxylic acid groups (broad SMARTS) is 1. The summed E-state index contributed by atoms with van der Waals surface area (Å²) in [5.74, 6) is -1.79. The van der Waals surface area contributed by atoms with E-state index in [1.165, 1.54) is 27.0 Å². The molecule has 1 aromatic carbocycles. The molecule has 1 rings (SSSR count). The van der Waals surface area contributed by atoms with Gasteiger partial charge in [-0.05, 0) is 18.1 Å².